The molecule has 1 aromatic carbocycles. The Morgan fingerprint density at radius 1 is 1.33 bits per heavy atom. The molecule has 0 unspecified atom stereocenters. The van der Waals surface area contributed by atoms with Crippen LogP contribution in [0.25, 0.3) is 22.2 Å². The lowest BCUT2D eigenvalue weighted by atomic mass is 10.1. The minimum Gasteiger partial charge on any atom is -0.277 e. The Balaban J connectivity index is 2.30. The molecule has 0 radical (unpaired) electrons. The molecule has 2 aromatic heterocycles. The molecule has 0 aliphatic heterocycles. The number of aryl methyl sites for hydroxylation is 1. The van der Waals surface area contributed by atoms with Crippen molar-refractivity contribution in [2.24, 2.45) is 7.05 Å². The number of fused-ring (bicyclic) bond motifs is 1. The zero-order valence-corrected chi connectivity index (χ0v) is 8.18. The van der Waals surface area contributed by atoms with Gasteiger partial charge in [-0.05, 0) is 0 Å². The molecule has 2 heterocycles. The molecule has 0 saturated carbocycles. The topological polar surface area (TPSA) is 59.4 Å². The average molecular weight is 199 g/mol. The highest BCUT2D eigenvalue weighted by Gasteiger charge is 2.07. The fourth-order valence-corrected chi connectivity index (χ4v) is 1.65. The van der Waals surface area contributed by atoms with E-state index >= 15 is 0 Å². The van der Waals surface area contributed by atoms with Gasteiger partial charge in [0.05, 0.1) is 17.9 Å². The molecule has 0 aliphatic rings. The van der Waals surface area contributed by atoms with Crippen molar-refractivity contribution in [3.8, 4) is 11.3 Å². The van der Waals surface area contributed by atoms with E-state index in [1.54, 1.807) is 10.9 Å². The minimum atomic E-state index is 0.854. The van der Waals surface area contributed by atoms with E-state index in [1.165, 1.54) is 0 Å². The number of benzene rings is 1. The highest BCUT2D eigenvalue weighted by atomic mass is 15.4. The van der Waals surface area contributed by atoms with Crippen molar-refractivity contribution in [1.29, 1.82) is 0 Å². The summed E-state index contributed by atoms with van der Waals surface area (Å²) in [5.74, 6) is 0. The van der Waals surface area contributed by atoms with Gasteiger partial charge in [-0.2, -0.15) is 5.10 Å². The molecule has 0 bridgehead atoms. The molecule has 5 heteroatoms. The van der Waals surface area contributed by atoms with Crippen molar-refractivity contribution in [1.82, 2.24) is 25.2 Å². The fourth-order valence-electron chi connectivity index (χ4n) is 1.65. The van der Waals surface area contributed by atoms with E-state index in [0.717, 1.165) is 22.2 Å². The van der Waals surface area contributed by atoms with Crippen LogP contribution in [-0.2, 0) is 7.05 Å². The number of hydrogen-bond acceptors (Lipinski definition) is 3. The van der Waals surface area contributed by atoms with Crippen LogP contribution in [0.2, 0.25) is 0 Å². The summed E-state index contributed by atoms with van der Waals surface area (Å²) >= 11 is 0. The second-order valence-corrected chi connectivity index (χ2v) is 3.42. The summed E-state index contributed by atoms with van der Waals surface area (Å²) in [4.78, 5) is 0. The Bertz CT molecular complexity index is 607. The van der Waals surface area contributed by atoms with Crippen molar-refractivity contribution >= 4 is 10.9 Å². The summed E-state index contributed by atoms with van der Waals surface area (Å²) < 4.78 is 1.69. The zero-order valence-electron chi connectivity index (χ0n) is 8.18. The van der Waals surface area contributed by atoms with Crippen LogP contribution in [0.3, 0.4) is 0 Å². The maximum Gasteiger partial charge on any atom is 0.115 e. The van der Waals surface area contributed by atoms with Crippen molar-refractivity contribution < 1.29 is 0 Å². The number of nitrogens with zero attached hydrogens (tertiary/aromatic N) is 4. The Hall–Kier alpha value is -2.17. The second-order valence-electron chi connectivity index (χ2n) is 3.42. The monoisotopic (exact) mass is 199 g/mol. The van der Waals surface area contributed by atoms with Gasteiger partial charge in [0, 0.05) is 18.0 Å². The second kappa shape index (κ2) is 2.91. The average Bonchev–Trinajstić information content (AvgIpc) is 2.84. The van der Waals surface area contributed by atoms with Gasteiger partial charge in [-0.1, -0.05) is 23.4 Å². The zero-order chi connectivity index (χ0) is 10.3. The van der Waals surface area contributed by atoms with E-state index in [1.807, 2.05) is 31.4 Å². The SMILES string of the molecule is Cn1cc(-c2cccc3cn[nH]c23)nn1. The summed E-state index contributed by atoms with van der Waals surface area (Å²) in [5.41, 5.74) is 2.88. The van der Waals surface area contributed by atoms with Crippen molar-refractivity contribution in [3.05, 3.63) is 30.6 Å². The first kappa shape index (κ1) is 8.16. The van der Waals surface area contributed by atoms with Crippen LogP contribution in [0.15, 0.2) is 30.6 Å². The highest BCUT2D eigenvalue weighted by molar-refractivity contribution is 5.91. The maximum absolute atomic E-state index is 4.08. The summed E-state index contributed by atoms with van der Waals surface area (Å²) in [6, 6.07) is 6.01. The Morgan fingerprint density at radius 3 is 3.07 bits per heavy atom. The maximum atomic E-state index is 4.08. The fraction of sp³-hybridized carbons (Fsp3) is 0.100. The third kappa shape index (κ3) is 1.20. The van der Waals surface area contributed by atoms with E-state index in [9.17, 15) is 0 Å². The first-order valence-electron chi connectivity index (χ1n) is 4.63. The standard InChI is InChI=1S/C10H9N5/c1-15-6-9(12-14-15)8-4-2-3-7-5-11-13-10(7)8/h2-6H,1H3,(H,11,13). The van der Waals surface area contributed by atoms with Gasteiger partial charge < -0.3 is 0 Å². The third-order valence-electron chi connectivity index (χ3n) is 2.36. The summed E-state index contributed by atoms with van der Waals surface area (Å²) in [6.45, 7) is 0. The number of aromatic nitrogens is 5. The van der Waals surface area contributed by atoms with Gasteiger partial charge in [0.2, 0.25) is 0 Å². The Kier molecular flexibility index (Phi) is 1.58. The number of H-pyrrole nitrogens is 1. The van der Waals surface area contributed by atoms with E-state index in [0.29, 0.717) is 0 Å². The van der Waals surface area contributed by atoms with E-state index in [2.05, 4.69) is 20.5 Å². The summed E-state index contributed by atoms with van der Waals surface area (Å²) in [7, 11) is 1.85. The first-order valence-corrected chi connectivity index (χ1v) is 4.63. The smallest absolute Gasteiger partial charge is 0.115 e. The number of para-hydroxylation sites is 1. The van der Waals surface area contributed by atoms with E-state index in [4.69, 9.17) is 0 Å². The van der Waals surface area contributed by atoms with Gasteiger partial charge in [0.15, 0.2) is 0 Å². The summed E-state index contributed by atoms with van der Waals surface area (Å²) in [5, 5.41) is 16.1. The minimum absolute atomic E-state index is 0.854. The molecular weight excluding hydrogens is 190 g/mol. The van der Waals surface area contributed by atoms with E-state index in [-0.39, 0.29) is 0 Å². The lowest BCUT2D eigenvalue weighted by molar-refractivity contribution is 0.715. The molecule has 0 saturated heterocycles. The summed E-state index contributed by atoms with van der Waals surface area (Å²) in [6.07, 6.45) is 3.69. The predicted molar refractivity (Wildman–Crippen MR) is 56.1 cm³/mol. The predicted octanol–water partition coefficient (Wildman–Crippen LogP) is 1.36. The lowest BCUT2D eigenvalue weighted by Gasteiger charge is -1.96. The van der Waals surface area contributed by atoms with Crippen molar-refractivity contribution in [3.63, 3.8) is 0 Å². The molecular formula is C10H9N5. The van der Waals surface area contributed by atoms with Gasteiger partial charge in [-0.3, -0.25) is 9.78 Å². The van der Waals surface area contributed by atoms with Crippen LogP contribution in [0, 0.1) is 0 Å². The van der Waals surface area contributed by atoms with E-state index < -0.39 is 0 Å². The van der Waals surface area contributed by atoms with Gasteiger partial charge in [0.1, 0.15) is 5.69 Å². The van der Waals surface area contributed by atoms with Crippen LogP contribution in [0.5, 0.6) is 0 Å². The van der Waals surface area contributed by atoms with Crippen molar-refractivity contribution in [2.45, 2.75) is 0 Å². The van der Waals surface area contributed by atoms with Crippen LogP contribution in [0.4, 0.5) is 0 Å². The molecule has 0 amide bonds. The van der Waals surface area contributed by atoms with Crippen LogP contribution < -0.4 is 0 Å². The molecule has 0 aliphatic carbocycles. The normalized spacial score (nSPS) is 11.0. The molecule has 0 fully saturated rings. The molecule has 74 valence electrons. The highest BCUT2D eigenvalue weighted by Crippen LogP contribution is 2.24. The molecule has 0 spiro atoms. The molecule has 1 N–H and O–H groups in total. The molecule has 5 nitrogen and oxygen atoms in total. The van der Waals surface area contributed by atoms with Gasteiger partial charge >= 0.3 is 0 Å². The lowest BCUT2D eigenvalue weighted by Crippen LogP contribution is -1.85. The van der Waals surface area contributed by atoms with Gasteiger partial charge in [0.25, 0.3) is 0 Å². The van der Waals surface area contributed by atoms with Gasteiger partial charge in [-0.25, -0.2) is 0 Å². The molecule has 3 rings (SSSR count). The van der Waals surface area contributed by atoms with Crippen LogP contribution in [-0.4, -0.2) is 25.2 Å². The Labute approximate surface area is 85.7 Å². The number of hydrogen-bond donors (Lipinski definition) is 1. The van der Waals surface area contributed by atoms with Gasteiger partial charge in [-0.15, -0.1) is 5.10 Å². The Morgan fingerprint density at radius 2 is 2.27 bits per heavy atom. The molecule has 0 atom stereocenters. The van der Waals surface area contributed by atoms with Crippen LogP contribution >= 0.6 is 0 Å². The van der Waals surface area contributed by atoms with Crippen LogP contribution in [0.1, 0.15) is 0 Å². The largest absolute Gasteiger partial charge is 0.277 e. The number of nitrogens with one attached hydrogen (secondary N) is 1. The first-order chi connectivity index (χ1) is 7.34. The van der Waals surface area contributed by atoms with Crippen molar-refractivity contribution in [2.75, 3.05) is 0 Å². The number of rotatable bonds is 1. The molecule has 15 heavy (non-hydrogen) atoms. The molecule has 3 aromatic rings. The third-order valence-corrected chi connectivity index (χ3v) is 2.36. The quantitative estimate of drug-likeness (QED) is 0.643. The number of aromatic amines is 1.